The molecular weight excluding hydrogens is 400 g/mol. The van der Waals surface area contributed by atoms with Crippen LogP contribution in [0.4, 0.5) is 4.39 Å². The molecule has 2 aromatic rings. The summed E-state index contributed by atoms with van der Waals surface area (Å²) in [5, 5.41) is 13.7. The summed E-state index contributed by atoms with van der Waals surface area (Å²) in [6, 6.07) is 3.33. The van der Waals surface area contributed by atoms with E-state index in [9.17, 15) is 9.65 Å². The smallest absolute Gasteiger partial charge is 0.180 e. The number of methoxy groups -OCH3 is 1. The SMILES string of the molecule is COc1cc(F)c(-c2c(I)cnn2C)c(C#N)c1OC1CC1. The molecular formula is C15H13FIN3O2. The Balaban J connectivity index is 2.27. The van der Waals surface area contributed by atoms with Crippen molar-refractivity contribution in [2.24, 2.45) is 7.05 Å². The fourth-order valence-electron chi connectivity index (χ4n) is 2.26. The lowest BCUT2D eigenvalue weighted by atomic mass is 10.0. The maximum absolute atomic E-state index is 14.6. The van der Waals surface area contributed by atoms with E-state index in [1.807, 2.05) is 0 Å². The normalized spacial score (nSPS) is 13.8. The van der Waals surface area contributed by atoms with Crippen LogP contribution in [0.1, 0.15) is 18.4 Å². The molecule has 0 amide bonds. The third kappa shape index (κ3) is 2.52. The summed E-state index contributed by atoms with van der Waals surface area (Å²) in [6.45, 7) is 0. The summed E-state index contributed by atoms with van der Waals surface area (Å²) >= 11 is 2.07. The van der Waals surface area contributed by atoms with Gasteiger partial charge in [0.2, 0.25) is 0 Å². The number of hydrogen-bond donors (Lipinski definition) is 0. The third-order valence-corrected chi connectivity index (χ3v) is 4.26. The molecule has 0 spiro atoms. The van der Waals surface area contributed by atoms with Gasteiger partial charge in [-0.3, -0.25) is 4.68 Å². The number of nitriles is 1. The van der Waals surface area contributed by atoms with Crippen molar-refractivity contribution in [2.45, 2.75) is 18.9 Å². The van der Waals surface area contributed by atoms with E-state index in [1.54, 1.807) is 17.9 Å². The monoisotopic (exact) mass is 413 g/mol. The molecule has 1 fully saturated rings. The number of halogens is 2. The Hall–Kier alpha value is -1.82. The predicted octanol–water partition coefficient (Wildman–Crippen LogP) is 3.25. The Morgan fingerprint density at radius 2 is 2.23 bits per heavy atom. The summed E-state index contributed by atoms with van der Waals surface area (Å²) in [5.41, 5.74) is 0.895. The van der Waals surface area contributed by atoms with Crippen molar-refractivity contribution in [1.82, 2.24) is 9.78 Å². The van der Waals surface area contributed by atoms with E-state index in [0.29, 0.717) is 11.4 Å². The molecule has 1 aromatic carbocycles. The van der Waals surface area contributed by atoms with Gasteiger partial charge in [-0.1, -0.05) is 0 Å². The zero-order chi connectivity index (χ0) is 15.9. The minimum Gasteiger partial charge on any atom is -0.493 e. The van der Waals surface area contributed by atoms with Crippen LogP contribution < -0.4 is 9.47 Å². The standard InChI is InChI=1S/C15H13FIN3O2/c1-20-14(11(17)7-19-20)13-9(6-18)15(22-8-3-4-8)12(21-2)5-10(13)16/h5,7-8H,3-4H2,1-2H3. The van der Waals surface area contributed by atoms with Crippen LogP contribution in [0.3, 0.4) is 0 Å². The Kier molecular flexibility index (Phi) is 3.95. The van der Waals surface area contributed by atoms with Crippen LogP contribution in [0, 0.1) is 20.7 Å². The fraction of sp³-hybridized carbons (Fsp3) is 0.333. The van der Waals surface area contributed by atoms with Crippen LogP contribution in [0.25, 0.3) is 11.3 Å². The maximum atomic E-state index is 14.6. The van der Waals surface area contributed by atoms with Crippen LogP contribution >= 0.6 is 22.6 Å². The summed E-state index contributed by atoms with van der Waals surface area (Å²) in [7, 11) is 3.15. The third-order valence-electron chi connectivity index (χ3n) is 3.47. The molecule has 0 bridgehead atoms. The molecule has 1 saturated carbocycles. The van der Waals surface area contributed by atoms with Crippen molar-refractivity contribution in [3.05, 3.63) is 27.2 Å². The van der Waals surface area contributed by atoms with Crippen LogP contribution in [0.2, 0.25) is 0 Å². The minimum atomic E-state index is -0.530. The van der Waals surface area contributed by atoms with Crippen molar-refractivity contribution in [3.63, 3.8) is 0 Å². The van der Waals surface area contributed by atoms with E-state index in [4.69, 9.17) is 9.47 Å². The summed E-state index contributed by atoms with van der Waals surface area (Å²) < 4.78 is 27.9. The number of hydrogen-bond acceptors (Lipinski definition) is 4. The first-order valence-electron chi connectivity index (χ1n) is 6.72. The Morgan fingerprint density at radius 3 is 2.73 bits per heavy atom. The van der Waals surface area contributed by atoms with Gasteiger partial charge in [0, 0.05) is 13.1 Å². The van der Waals surface area contributed by atoms with Gasteiger partial charge in [-0.2, -0.15) is 10.4 Å². The molecule has 0 atom stereocenters. The highest BCUT2D eigenvalue weighted by molar-refractivity contribution is 14.1. The van der Waals surface area contributed by atoms with Gasteiger partial charge in [0.05, 0.1) is 34.2 Å². The number of aryl methyl sites for hydroxylation is 1. The highest BCUT2D eigenvalue weighted by atomic mass is 127. The lowest BCUT2D eigenvalue weighted by Crippen LogP contribution is -2.06. The van der Waals surface area contributed by atoms with Gasteiger partial charge in [0.25, 0.3) is 0 Å². The Labute approximate surface area is 140 Å². The van der Waals surface area contributed by atoms with Crippen LogP contribution in [-0.2, 0) is 7.05 Å². The lowest BCUT2D eigenvalue weighted by Gasteiger charge is -2.16. The molecule has 22 heavy (non-hydrogen) atoms. The topological polar surface area (TPSA) is 60.1 Å². The quantitative estimate of drug-likeness (QED) is 0.723. The first-order valence-corrected chi connectivity index (χ1v) is 7.79. The Morgan fingerprint density at radius 1 is 1.50 bits per heavy atom. The molecule has 1 aliphatic rings. The number of nitrogens with zero attached hydrogens (tertiary/aromatic N) is 3. The van der Waals surface area contributed by atoms with E-state index in [0.717, 1.165) is 16.4 Å². The van der Waals surface area contributed by atoms with Crippen LogP contribution in [-0.4, -0.2) is 23.0 Å². The van der Waals surface area contributed by atoms with Crippen molar-refractivity contribution in [3.8, 4) is 28.8 Å². The molecule has 0 aliphatic heterocycles. The summed E-state index contributed by atoms with van der Waals surface area (Å²) in [4.78, 5) is 0. The van der Waals surface area contributed by atoms with Gasteiger partial charge in [0.1, 0.15) is 17.4 Å². The zero-order valence-electron chi connectivity index (χ0n) is 12.1. The number of aromatic nitrogens is 2. The van der Waals surface area contributed by atoms with Gasteiger partial charge < -0.3 is 9.47 Å². The highest BCUT2D eigenvalue weighted by Crippen LogP contribution is 2.43. The molecule has 0 radical (unpaired) electrons. The van der Waals surface area contributed by atoms with Gasteiger partial charge in [-0.25, -0.2) is 4.39 Å². The second-order valence-electron chi connectivity index (χ2n) is 5.03. The van der Waals surface area contributed by atoms with E-state index in [1.165, 1.54) is 13.2 Å². The molecule has 7 heteroatoms. The fourth-order valence-corrected chi connectivity index (χ4v) is 3.00. The molecule has 1 heterocycles. The van der Waals surface area contributed by atoms with Crippen molar-refractivity contribution in [1.29, 1.82) is 5.26 Å². The lowest BCUT2D eigenvalue weighted by molar-refractivity contribution is 0.280. The van der Waals surface area contributed by atoms with E-state index < -0.39 is 5.82 Å². The zero-order valence-corrected chi connectivity index (χ0v) is 14.2. The molecule has 1 aromatic heterocycles. The second kappa shape index (κ2) is 5.76. The molecule has 0 N–H and O–H groups in total. The maximum Gasteiger partial charge on any atom is 0.180 e. The average Bonchev–Trinajstić information content (AvgIpc) is 3.26. The second-order valence-corrected chi connectivity index (χ2v) is 6.20. The van der Waals surface area contributed by atoms with E-state index in [-0.39, 0.29) is 23.0 Å². The number of ether oxygens (including phenoxy) is 2. The van der Waals surface area contributed by atoms with Crippen molar-refractivity contribution < 1.29 is 13.9 Å². The first-order chi connectivity index (χ1) is 10.6. The average molecular weight is 413 g/mol. The summed E-state index contributed by atoms with van der Waals surface area (Å²) in [6.07, 6.45) is 3.57. The van der Waals surface area contributed by atoms with Crippen molar-refractivity contribution >= 4 is 22.6 Å². The van der Waals surface area contributed by atoms with Crippen LogP contribution in [0.15, 0.2) is 12.3 Å². The molecule has 0 unspecified atom stereocenters. The molecule has 1 aliphatic carbocycles. The molecule has 0 saturated heterocycles. The van der Waals surface area contributed by atoms with Crippen LogP contribution in [0.5, 0.6) is 11.5 Å². The predicted molar refractivity (Wildman–Crippen MR) is 86.2 cm³/mol. The summed E-state index contributed by atoms with van der Waals surface area (Å²) in [5.74, 6) is 0.0147. The first kappa shape index (κ1) is 15.1. The minimum absolute atomic E-state index is 0.0740. The van der Waals surface area contributed by atoms with Gasteiger partial charge in [-0.15, -0.1) is 0 Å². The molecule has 5 nitrogen and oxygen atoms in total. The van der Waals surface area contributed by atoms with E-state index >= 15 is 0 Å². The van der Waals surface area contributed by atoms with Crippen molar-refractivity contribution in [2.75, 3.05) is 7.11 Å². The number of benzene rings is 1. The largest absolute Gasteiger partial charge is 0.493 e. The molecule has 3 rings (SSSR count). The molecule has 114 valence electrons. The van der Waals surface area contributed by atoms with E-state index in [2.05, 4.69) is 33.8 Å². The van der Waals surface area contributed by atoms with Gasteiger partial charge >= 0.3 is 0 Å². The Bertz CT molecular complexity index is 759. The van der Waals surface area contributed by atoms with Gasteiger partial charge in [-0.05, 0) is 35.4 Å². The highest BCUT2D eigenvalue weighted by Gasteiger charge is 2.30. The number of rotatable bonds is 4. The van der Waals surface area contributed by atoms with Gasteiger partial charge in [0.15, 0.2) is 11.5 Å².